The van der Waals surface area contributed by atoms with Crippen LogP contribution in [0.1, 0.15) is 48.0 Å². The maximum absolute atomic E-state index is 3.51. The third-order valence-electron chi connectivity index (χ3n) is 2.05. The van der Waals surface area contributed by atoms with Crippen molar-refractivity contribution in [1.82, 2.24) is 5.32 Å². The maximum atomic E-state index is 3.51. The van der Waals surface area contributed by atoms with Crippen molar-refractivity contribution in [1.29, 1.82) is 0 Å². The molecule has 0 amide bonds. The van der Waals surface area contributed by atoms with Crippen LogP contribution in [0, 0.1) is 5.41 Å². The molecule has 0 saturated carbocycles. The maximum Gasteiger partial charge on any atom is 0.00967 e. The number of hydrogen-bond donors (Lipinski definition) is 1. The van der Waals surface area contributed by atoms with Gasteiger partial charge in [0.15, 0.2) is 0 Å². The Balaban J connectivity index is 3.70. The molecule has 0 aromatic rings. The number of hydrogen-bond acceptors (Lipinski definition) is 1. The van der Waals surface area contributed by atoms with Crippen LogP contribution >= 0.6 is 0 Å². The lowest BCUT2D eigenvalue weighted by atomic mass is 9.89. The molecule has 0 spiro atoms. The van der Waals surface area contributed by atoms with Gasteiger partial charge in [-0.1, -0.05) is 20.8 Å². The second kappa shape index (κ2) is 3.57. The molecule has 1 N–H and O–H groups in total. The fourth-order valence-electron chi connectivity index (χ4n) is 0.629. The van der Waals surface area contributed by atoms with Gasteiger partial charge in [0.05, 0.1) is 0 Å². The molecule has 0 unspecified atom stereocenters. The zero-order valence-electron chi connectivity index (χ0n) is 8.91. The Hall–Kier alpha value is -0.0400. The molecule has 0 bridgehead atoms. The van der Waals surface area contributed by atoms with Gasteiger partial charge in [-0.2, -0.15) is 0 Å². The summed E-state index contributed by atoms with van der Waals surface area (Å²) in [5, 5.41) is 3.51. The summed E-state index contributed by atoms with van der Waals surface area (Å²) in [7, 11) is 0. The number of rotatable bonds is 3. The Bertz CT molecular complexity index is 109. The van der Waals surface area contributed by atoms with E-state index in [4.69, 9.17) is 0 Å². The van der Waals surface area contributed by atoms with Crippen molar-refractivity contribution in [3.63, 3.8) is 0 Å². The van der Waals surface area contributed by atoms with Gasteiger partial charge < -0.3 is 5.32 Å². The van der Waals surface area contributed by atoms with Gasteiger partial charge in [0.25, 0.3) is 0 Å². The van der Waals surface area contributed by atoms with Crippen LogP contribution in [0.2, 0.25) is 0 Å². The monoisotopic (exact) mass is 157 g/mol. The average Bonchev–Trinajstić information content (AvgIpc) is 1.83. The highest BCUT2D eigenvalue weighted by molar-refractivity contribution is 4.76. The molecule has 0 saturated heterocycles. The van der Waals surface area contributed by atoms with Crippen molar-refractivity contribution in [3.05, 3.63) is 0 Å². The Kier molecular flexibility index (Phi) is 3.56. The molecule has 0 radical (unpaired) electrons. The van der Waals surface area contributed by atoms with Crippen molar-refractivity contribution >= 4 is 0 Å². The third kappa shape index (κ3) is 6.36. The van der Waals surface area contributed by atoms with Crippen LogP contribution in [0.25, 0.3) is 0 Å². The molecular formula is C10H23N. The first kappa shape index (κ1) is 11.0. The van der Waals surface area contributed by atoms with Gasteiger partial charge in [-0.3, -0.25) is 0 Å². The summed E-state index contributed by atoms with van der Waals surface area (Å²) in [4.78, 5) is 0. The molecule has 0 rings (SSSR count). The van der Waals surface area contributed by atoms with Crippen molar-refractivity contribution in [3.8, 4) is 0 Å². The largest absolute Gasteiger partial charge is 0.312 e. The van der Waals surface area contributed by atoms with Crippen LogP contribution in [0.3, 0.4) is 0 Å². The normalized spacial score (nSPS) is 13.6. The predicted octanol–water partition coefficient (Wildman–Crippen LogP) is 2.81. The summed E-state index contributed by atoms with van der Waals surface area (Å²) >= 11 is 0. The SMILES string of the molecule is CCC(C)(C)CNC(C)(C)C. The fraction of sp³-hybridized carbons (Fsp3) is 1.00. The Morgan fingerprint density at radius 2 is 1.45 bits per heavy atom. The fourth-order valence-corrected chi connectivity index (χ4v) is 0.629. The quantitative estimate of drug-likeness (QED) is 0.664. The van der Waals surface area contributed by atoms with Gasteiger partial charge in [-0.25, -0.2) is 0 Å². The van der Waals surface area contributed by atoms with Crippen molar-refractivity contribution in [2.45, 2.75) is 53.5 Å². The Morgan fingerprint density at radius 3 is 1.73 bits per heavy atom. The van der Waals surface area contributed by atoms with Crippen LogP contribution in [-0.4, -0.2) is 12.1 Å². The molecule has 11 heavy (non-hydrogen) atoms. The minimum Gasteiger partial charge on any atom is -0.312 e. The molecule has 0 aromatic carbocycles. The first-order valence-corrected chi connectivity index (χ1v) is 4.52. The molecule has 0 aliphatic carbocycles. The van der Waals surface area contributed by atoms with E-state index in [0.29, 0.717) is 5.41 Å². The van der Waals surface area contributed by atoms with E-state index in [1.165, 1.54) is 6.42 Å². The Labute approximate surface area is 71.6 Å². The van der Waals surface area contributed by atoms with Gasteiger partial charge in [-0.05, 0) is 32.6 Å². The first-order chi connectivity index (χ1) is 4.77. The minimum absolute atomic E-state index is 0.256. The molecule has 0 atom stereocenters. The van der Waals surface area contributed by atoms with E-state index in [1.54, 1.807) is 0 Å². The van der Waals surface area contributed by atoms with E-state index in [-0.39, 0.29) is 5.54 Å². The summed E-state index contributed by atoms with van der Waals surface area (Å²) in [6, 6.07) is 0. The third-order valence-corrected chi connectivity index (χ3v) is 2.05. The lowest BCUT2D eigenvalue weighted by molar-refractivity contribution is 0.282. The van der Waals surface area contributed by atoms with E-state index in [0.717, 1.165) is 6.54 Å². The highest BCUT2D eigenvalue weighted by Crippen LogP contribution is 2.18. The van der Waals surface area contributed by atoms with E-state index in [9.17, 15) is 0 Å². The second-order valence-electron chi connectivity index (χ2n) is 5.12. The molecule has 1 heteroatoms. The standard InChI is InChI=1S/C10H23N/c1-7-10(5,6)8-11-9(2,3)4/h11H,7-8H2,1-6H3. The van der Waals surface area contributed by atoms with Gasteiger partial charge in [0, 0.05) is 12.1 Å². The van der Waals surface area contributed by atoms with Gasteiger partial charge in [0.1, 0.15) is 0 Å². The summed E-state index contributed by atoms with van der Waals surface area (Å²) in [5.74, 6) is 0. The highest BCUT2D eigenvalue weighted by atomic mass is 14.9. The van der Waals surface area contributed by atoms with E-state index in [1.807, 2.05) is 0 Å². The van der Waals surface area contributed by atoms with Crippen molar-refractivity contribution < 1.29 is 0 Å². The zero-order chi connectivity index (χ0) is 9.12. The van der Waals surface area contributed by atoms with Crippen LogP contribution in [0.5, 0.6) is 0 Å². The van der Waals surface area contributed by atoms with E-state index >= 15 is 0 Å². The van der Waals surface area contributed by atoms with Gasteiger partial charge in [-0.15, -0.1) is 0 Å². The van der Waals surface area contributed by atoms with Crippen LogP contribution < -0.4 is 5.32 Å². The molecule has 68 valence electrons. The lowest BCUT2D eigenvalue weighted by Gasteiger charge is -2.29. The molecule has 1 nitrogen and oxygen atoms in total. The zero-order valence-corrected chi connectivity index (χ0v) is 8.91. The molecule has 0 aliphatic heterocycles. The predicted molar refractivity (Wildman–Crippen MR) is 51.8 cm³/mol. The smallest absolute Gasteiger partial charge is 0.00967 e. The highest BCUT2D eigenvalue weighted by Gasteiger charge is 2.18. The average molecular weight is 157 g/mol. The first-order valence-electron chi connectivity index (χ1n) is 4.52. The molecule has 0 aliphatic rings. The van der Waals surface area contributed by atoms with E-state index in [2.05, 4.69) is 46.9 Å². The summed E-state index contributed by atoms with van der Waals surface area (Å²) < 4.78 is 0. The topological polar surface area (TPSA) is 12.0 Å². The van der Waals surface area contributed by atoms with Gasteiger partial charge in [0.2, 0.25) is 0 Å². The van der Waals surface area contributed by atoms with Crippen molar-refractivity contribution in [2.75, 3.05) is 6.54 Å². The molecule has 0 fully saturated rings. The second-order valence-corrected chi connectivity index (χ2v) is 5.12. The molecular weight excluding hydrogens is 134 g/mol. The summed E-state index contributed by atoms with van der Waals surface area (Å²) in [6.45, 7) is 14.6. The van der Waals surface area contributed by atoms with E-state index < -0.39 is 0 Å². The lowest BCUT2D eigenvalue weighted by Crippen LogP contribution is -2.41. The minimum atomic E-state index is 0.256. The van der Waals surface area contributed by atoms with Crippen LogP contribution in [-0.2, 0) is 0 Å². The van der Waals surface area contributed by atoms with Crippen molar-refractivity contribution in [2.24, 2.45) is 5.41 Å². The Morgan fingerprint density at radius 1 is 1.00 bits per heavy atom. The molecule has 0 heterocycles. The molecule has 0 aromatic heterocycles. The number of nitrogens with one attached hydrogen (secondary N) is 1. The summed E-state index contributed by atoms with van der Waals surface area (Å²) in [5.41, 5.74) is 0.694. The van der Waals surface area contributed by atoms with Crippen LogP contribution in [0.4, 0.5) is 0 Å². The van der Waals surface area contributed by atoms with Gasteiger partial charge >= 0.3 is 0 Å². The van der Waals surface area contributed by atoms with Crippen LogP contribution in [0.15, 0.2) is 0 Å². The summed E-state index contributed by atoms with van der Waals surface area (Å²) in [6.07, 6.45) is 1.23.